The SMILES string of the molecule is Cc1cc(NCCc2nc(C(=O)O)cs2)ccc1[N+](=O)[O-]. The maximum absolute atomic E-state index is 10.7. The Kier molecular flexibility index (Phi) is 4.49. The molecule has 0 amide bonds. The van der Waals surface area contributed by atoms with E-state index in [0.717, 1.165) is 10.7 Å². The number of carbonyl (C=O) groups is 1. The molecule has 0 unspecified atom stereocenters. The number of nitrogens with zero attached hydrogens (tertiary/aromatic N) is 2. The monoisotopic (exact) mass is 307 g/mol. The Morgan fingerprint density at radius 1 is 1.52 bits per heavy atom. The van der Waals surface area contributed by atoms with Crippen LogP contribution < -0.4 is 5.32 Å². The number of aromatic nitrogens is 1. The molecule has 0 saturated carbocycles. The van der Waals surface area contributed by atoms with Gasteiger partial charge in [0, 0.05) is 35.7 Å². The minimum absolute atomic E-state index is 0.0566. The number of thiazole rings is 1. The fraction of sp³-hybridized carbons (Fsp3) is 0.231. The second-order valence-electron chi connectivity index (χ2n) is 4.37. The van der Waals surface area contributed by atoms with Crippen LogP contribution in [-0.2, 0) is 6.42 Å². The van der Waals surface area contributed by atoms with E-state index in [1.807, 2.05) is 0 Å². The molecular formula is C13H13N3O4S. The van der Waals surface area contributed by atoms with E-state index in [4.69, 9.17) is 5.11 Å². The van der Waals surface area contributed by atoms with Gasteiger partial charge in [0.1, 0.15) is 0 Å². The number of nitro groups is 1. The van der Waals surface area contributed by atoms with Crippen LogP contribution in [0.3, 0.4) is 0 Å². The van der Waals surface area contributed by atoms with Crippen molar-refractivity contribution in [1.29, 1.82) is 0 Å². The van der Waals surface area contributed by atoms with Crippen molar-refractivity contribution in [2.24, 2.45) is 0 Å². The minimum Gasteiger partial charge on any atom is -0.476 e. The molecule has 0 atom stereocenters. The summed E-state index contributed by atoms with van der Waals surface area (Å²) >= 11 is 1.30. The van der Waals surface area contributed by atoms with Crippen molar-refractivity contribution in [3.63, 3.8) is 0 Å². The Morgan fingerprint density at radius 3 is 2.86 bits per heavy atom. The highest BCUT2D eigenvalue weighted by molar-refractivity contribution is 7.09. The van der Waals surface area contributed by atoms with Crippen LogP contribution in [0, 0.1) is 17.0 Å². The number of hydrogen-bond donors (Lipinski definition) is 2. The van der Waals surface area contributed by atoms with Gasteiger partial charge in [0.25, 0.3) is 5.69 Å². The van der Waals surface area contributed by atoms with Crippen molar-refractivity contribution in [3.05, 3.63) is 50.0 Å². The van der Waals surface area contributed by atoms with E-state index in [0.29, 0.717) is 18.5 Å². The second-order valence-corrected chi connectivity index (χ2v) is 5.31. The molecule has 0 aliphatic carbocycles. The molecule has 21 heavy (non-hydrogen) atoms. The van der Waals surface area contributed by atoms with E-state index < -0.39 is 10.9 Å². The highest BCUT2D eigenvalue weighted by atomic mass is 32.1. The number of carboxylic acid groups (broad SMARTS) is 1. The summed E-state index contributed by atoms with van der Waals surface area (Å²) in [6.45, 7) is 2.26. The van der Waals surface area contributed by atoms with Crippen molar-refractivity contribution in [2.45, 2.75) is 13.3 Å². The molecule has 2 N–H and O–H groups in total. The van der Waals surface area contributed by atoms with Gasteiger partial charge in [-0.15, -0.1) is 11.3 Å². The molecule has 0 fully saturated rings. The highest BCUT2D eigenvalue weighted by Crippen LogP contribution is 2.21. The van der Waals surface area contributed by atoms with Gasteiger partial charge >= 0.3 is 5.97 Å². The lowest BCUT2D eigenvalue weighted by Crippen LogP contribution is -2.06. The van der Waals surface area contributed by atoms with Gasteiger partial charge in [-0.1, -0.05) is 0 Å². The quantitative estimate of drug-likeness (QED) is 0.628. The number of aryl methyl sites for hydroxylation is 1. The van der Waals surface area contributed by atoms with E-state index in [9.17, 15) is 14.9 Å². The number of benzene rings is 1. The van der Waals surface area contributed by atoms with Crippen molar-refractivity contribution in [3.8, 4) is 0 Å². The van der Waals surface area contributed by atoms with Crippen molar-refractivity contribution < 1.29 is 14.8 Å². The first kappa shape index (κ1) is 14.9. The molecule has 0 aliphatic rings. The Labute approximate surface area is 124 Å². The van der Waals surface area contributed by atoms with Gasteiger partial charge in [0.05, 0.1) is 9.93 Å². The van der Waals surface area contributed by atoms with Gasteiger partial charge in [-0.2, -0.15) is 0 Å². The van der Waals surface area contributed by atoms with Crippen molar-refractivity contribution >= 4 is 28.7 Å². The lowest BCUT2D eigenvalue weighted by Gasteiger charge is -2.06. The van der Waals surface area contributed by atoms with Crippen LogP contribution in [0.2, 0.25) is 0 Å². The summed E-state index contributed by atoms with van der Waals surface area (Å²) in [7, 11) is 0. The fourth-order valence-electron chi connectivity index (χ4n) is 1.81. The Balaban J connectivity index is 1.92. The van der Waals surface area contributed by atoms with E-state index in [1.165, 1.54) is 22.8 Å². The molecule has 2 aromatic rings. The van der Waals surface area contributed by atoms with Crippen LogP contribution in [0.15, 0.2) is 23.6 Å². The minimum atomic E-state index is -1.03. The molecule has 2 rings (SSSR count). The maximum atomic E-state index is 10.7. The largest absolute Gasteiger partial charge is 0.476 e. The van der Waals surface area contributed by atoms with Crippen LogP contribution in [0.4, 0.5) is 11.4 Å². The van der Waals surface area contributed by atoms with Crippen molar-refractivity contribution in [2.75, 3.05) is 11.9 Å². The summed E-state index contributed by atoms with van der Waals surface area (Å²) in [4.78, 5) is 25.0. The van der Waals surface area contributed by atoms with E-state index >= 15 is 0 Å². The molecule has 0 radical (unpaired) electrons. The molecule has 1 aromatic heterocycles. The van der Waals surface area contributed by atoms with Gasteiger partial charge in [-0.3, -0.25) is 10.1 Å². The zero-order valence-corrected chi connectivity index (χ0v) is 12.0. The third-order valence-corrected chi connectivity index (χ3v) is 3.74. The third kappa shape index (κ3) is 3.76. The van der Waals surface area contributed by atoms with E-state index in [2.05, 4.69) is 10.3 Å². The summed E-state index contributed by atoms with van der Waals surface area (Å²) in [6.07, 6.45) is 0.591. The van der Waals surface area contributed by atoms with Gasteiger partial charge in [0.2, 0.25) is 0 Å². The summed E-state index contributed by atoms with van der Waals surface area (Å²) < 4.78 is 0. The molecule has 110 valence electrons. The molecule has 8 heteroatoms. The molecular weight excluding hydrogens is 294 g/mol. The number of rotatable bonds is 6. The molecule has 0 saturated heterocycles. The molecule has 1 heterocycles. The average Bonchev–Trinajstić information content (AvgIpc) is 2.87. The van der Waals surface area contributed by atoms with E-state index in [1.54, 1.807) is 19.1 Å². The first-order valence-electron chi connectivity index (χ1n) is 6.14. The van der Waals surface area contributed by atoms with Crippen LogP contribution >= 0.6 is 11.3 Å². The standard InChI is InChI=1S/C13H13N3O4S/c1-8-6-9(2-3-11(8)16(19)20)14-5-4-12-15-10(7-21-12)13(17)18/h2-3,6-7,14H,4-5H2,1H3,(H,17,18). The van der Waals surface area contributed by atoms with Crippen LogP contribution in [0.5, 0.6) is 0 Å². The highest BCUT2D eigenvalue weighted by Gasteiger charge is 2.10. The van der Waals surface area contributed by atoms with Gasteiger partial charge < -0.3 is 10.4 Å². The van der Waals surface area contributed by atoms with Gasteiger partial charge in [0.15, 0.2) is 5.69 Å². The third-order valence-electron chi connectivity index (χ3n) is 2.83. The Bertz CT molecular complexity index is 684. The Hall–Kier alpha value is -2.48. The predicted molar refractivity (Wildman–Crippen MR) is 79.1 cm³/mol. The first-order chi connectivity index (χ1) is 9.97. The average molecular weight is 307 g/mol. The van der Waals surface area contributed by atoms with Crippen LogP contribution in [0.25, 0.3) is 0 Å². The maximum Gasteiger partial charge on any atom is 0.355 e. The lowest BCUT2D eigenvalue weighted by molar-refractivity contribution is -0.385. The summed E-state index contributed by atoms with van der Waals surface area (Å²) in [5.41, 5.74) is 1.52. The number of nitrogens with one attached hydrogen (secondary N) is 1. The number of aromatic carboxylic acids is 1. The summed E-state index contributed by atoms with van der Waals surface area (Å²) in [6, 6.07) is 4.82. The van der Waals surface area contributed by atoms with E-state index in [-0.39, 0.29) is 11.4 Å². The van der Waals surface area contributed by atoms with Crippen LogP contribution in [-0.4, -0.2) is 27.5 Å². The van der Waals surface area contributed by atoms with Gasteiger partial charge in [-0.25, -0.2) is 9.78 Å². The molecule has 1 aromatic carbocycles. The molecule has 0 aliphatic heterocycles. The zero-order valence-electron chi connectivity index (χ0n) is 11.2. The second kappa shape index (κ2) is 6.31. The summed E-state index contributed by atoms with van der Waals surface area (Å²) in [5.74, 6) is -1.03. The number of carboxylic acids is 1. The molecule has 0 bridgehead atoms. The fourth-order valence-corrected chi connectivity index (χ4v) is 2.58. The normalized spacial score (nSPS) is 10.3. The van der Waals surface area contributed by atoms with Crippen LogP contribution in [0.1, 0.15) is 21.1 Å². The number of anilines is 1. The lowest BCUT2D eigenvalue weighted by atomic mass is 10.2. The van der Waals surface area contributed by atoms with Gasteiger partial charge in [-0.05, 0) is 19.1 Å². The molecule has 7 nitrogen and oxygen atoms in total. The Morgan fingerprint density at radius 2 is 2.29 bits per heavy atom. The zero-order chi connectivity index (χ0) is 15.4. The number of hydrogen-bond acceptors (Lipinski definition) is 6. The topological polar surface area (TPSA) is 105 Å². The smallest absolute Gasteiger partial charge is 0.355 e. The predicted octanol–water partition coefficient (Wildman–Crippen LogP) is 2.71. The first-order valence-corrected chi connectivity index (χ1v) is 7.02. The van der Waals surface area contributed by atoms with Crippen molar-refractivity contribution in [1.82, 2.24) is 4.98 Å². The molecule has 0 spiro atoms. The number of nitro benzene ring substituents is 1. The summed E-state index contributed by atoms with van der Waals surface area (Å²) in [5, 5.41) is 24.9.